The lowest BCUT2D eigenvalue weighted by Gasteiger charge is -2.27. The highest BCUT2D eigenvalue weighted by molar-refractivity contribution is 6.11. The Labute approximate surface area is 153 Å². The first-order valence-electron chi connectivity index (χ1n) is 8.21. The Balaban J connectivity index is 1.76. The number of carbonyl (C=O) groups excluding carboxylic acids is 1. The van der Waals surface area contributed by atoms with Crippen molar-refractivity contribution in [3.05, 3.63) is 89.7 Å². The minimum atomic E-state index is -4.44. The van der Waals surface area contributed by atoms with Gasteiger partial charge in [0.25, 0.3) is 5.91 Å². The van der Waals surface area contributed by atoms with Gasteiger partial charge in [-0.1, -0.05) is 24.3 Å². The van der Waals surface area contributed by atoms with Crippen LogP contribution in [0.2, 0.25) is 0 Å². The summed E-state index contributed by atoms with van der Waals surface area (Å²) in [5.41, 5.74) is 1.28. The summed E-state index contributed by atoms with van der Waals surface area (Å²) in [5.74, 6) is -0.233. The molecule has 1 N–H and O–H groups in total. The molecule has 3 aromatic rings. The number of halogens is 3. The third-order valence-corrected chi connectivity index (χ3v) is 4.38. The average Bonchev–Trinajstić information content (AvgIpc) is 2.94. The Hall–Kier alpha value is -3.35. The maximum absolute atomic E-state index is 13.0. The van der Waals surface area contributed by atoms with Gasteiger partial charge in [0.15, 0.2) is 0 Å². The number of carbonyl (C=O) groups is 1. The van der Waals surface area contributed by atoms with Crippen LogP contribution >= 0.6 is 0 Å². The number of nitrogens with one attached hydrogen (secondary N) is 1. The van der Waals surface area contributed by atoms with Gasteiger partial charge in [0.1, 0.15) is 6.17 Å². The fourth-order valence-corrected chi connectivity index (χ4v) is 3.16. The van der Waals surface area contributed by atoms with Gasteiger partial charge in [-0.2, -0.15) is 13.2 Å². The third-order valence-electron chi connectivity index (χ3n) is 4.38. The highest BCUT2D eigenvalue weighted by Gasteiger charge is 2.38. The van der Waals surface area contributed by atoms with E-state index in [0.717, 1.165) is 12.1 Å². The molecular weight excluding hydrogens is 355 g/mol. The molecule has 2 heterocycles. The van der Waals surface area contributed by atoms with Crippen molar-refractivity contribution in [2.45, 2.75) is 12.3 Å². The molecule has 1 aromatic heterocycles. The summed E-state index contributed by atoms with van der Waals surface area (Å²) in [6.45, 7) is 0. The minimum absolute atomic E-state index is 0.233. The zero-order chi connectivity index (χ0) is 19.0. The Bertz CT molecular complexity index is 989. The molecule has 0 unspecified atom stereocenters. The first-order chi connectivity index (χ1) is 12.9. The van der Waals surface area contributed by atoms with E-state index in [1.807, 2.05) is 0 Å². The zero-order valence-electron chi connectivity index (χ0n) is 13.9. The predicted octanol–water partition coefficient (Wildman–Crippen LogP) is 4.87. The average molecular weight is 369 g/mol. The van der Waals surface area contributed by atoms with E-state index in [1.165, 1.54) is 11.0 Å². The van der Waals surface area contributed by atoms with E-state index in [-0.39, 0.29) is 11.6 Å². The molecule has 0 spiro atoms. The van der Waals surface area contributed by atoms with Gasteiger partial charge in [0, 0.05) is 23.0 Å². The summed E-state index contributed by atoms with van der Waals surface area (Å²) in [5, 5.41) is 3.07. The van der Waals surface area contributed by atoms with Gasteiger partial charge in [-0.15, -0.1) is 0 Å². The molecule has 0 radical (unpaired) electrons. The van der Waals surface area contributed by atoms with Crippen LogP contribution in [0.4, 0.5) is 24.5 Å². The summed E-state index contributed by atoms with van der Waals surface area (Å²) in [7, 11) is 0. The molecule has 0 aliphatic carbocycles. The number of benzene rings is 2. The molecule has 2 aromatic carbocycles. The SMILES string of the molecule is O=C1c2ccccc2[C@H](Nc2cccc(C(F)(F)F)c2)N1c1cccnc1. The summed E-state index contributed by atoms with van der Waals surface area (Å²) in [6, 6.07) is 15.4. The monoisotopic (exact) mass is 369 g/mol. The molecule has 7 heteroatoms. The van der Waals surface area contributed by atoms with Crippen LogP contribution in [0.5, 0.6) is 0 Å². The van der Waals surface area contributed by atoms with E-state index in [1.54, 1.807) is 54.9 Å². The molecular formula is C20H14F3N3O. The van der Waals surface area contributed by atoms with E-state index in [4.69, 9.17) is 0 Å². The normalized spacial score (nSPS) is 16.3. The number of pyridine rings is 1. The number of nitrogens with zero attached hydrogens (tertiary/aromatic N) is 2. The molecule has 0 bridgehead atoms. The highest BCUT2D eigenvalue weighted by atomic mass is 19.4. The van der Waals surface area contributed by atoms with Crippen LogP contribution in [-0.4, -0.2) is 10.9 Å². The van der Waals surface area contributed by atoms with Crippen molar-refractivity contribution in [3.63, 3.8) is 0 Å². The topological polar surface area (TPSA) is 45.2 Å². The van der Waals surface area contributed by atoms with Gasteiger partial charge in [0.05, 0.1) is 17.4 Å². The van der Waals surface area contributed by atoms with E-state index < -0.39 is 17.9 Å². The molecule has 27 heavy (non-hydrogen) atoms. The van der Waals surface area contributed by atoms with Gasteiger partial charge >= 0.3 is 6.18 Å². The van der Waals surface area contributed by atoms with Crippen molar-refractivity contribution in [2.24, 2.45) is 0 Å². The second-order valence-electron chi connectivity index (χ2n) is 6.10. The lowest BCUT2D eigenvalue weighted by molar-refractivity contribution is -0.137. The number of amides is 1. The molecule has 0 fully saturated rings. The van der Waals surface area contributed by atoms with Crippen molar-refractivity contribution in [3.8, 4) is 0 Å². The molecule has 1 atom stereocenters. The molecule has 1 aliphatic rings. The fourth-order valence-electron chi connectivity index (χ4n) is 3.16. The van der Waals surface area contributed by atoms with E-state index in [9.17, 15) is 18.0 Å². The largest absolute Gasteiger partial charge is 0.416 e. The van der Waals surface area contributed by atoms with Gasteiger partial charge in [0.2, 0.25) is 0 Å². The number of aromatic nitrogens is 1. The third kappa shape index (κ3) is 3.12. The standard InChI is InChI=1S/C20H14F3N3O/c21-20(22,23)13-5-3-6-14(11-13)25-18-16-8-1-2-9-17(16)19(27)26(18)15-7-4-10-24-12-15/h1-12,18,25H/t18-/m1/s1. The van der Waals surface area contributed by atoms with Crippen molar-refractivity contribution >= 4 is 17.3 Å². The maximum Gasteiger partial charge on any atom is 0.416 e. The lowest BCUT2D eigenvalue weighted by Crippen LogP contribution is -2.32. The van der Waals surface area contributed by atoms with Crippen molar-refractivity contribution < 1.29 is 18.0 Å². The summed E-state index contributed by atoms with van der Waals surface area (Å²) in [4.78, 5) is 18.4. The van der Waals surface area contributed by atoms with Gasteiger partial charge in [-0.05, 0) is 36.4 Å². The van der Waals surface area contributed by atoms with Crippen LogP contribution < -0.4 is 10.2 Å². The minimum Gasteiger partial charge on any atom is -0.361 e. The number of anilines is 2. The van der Waals surface area contributed by atoms with E-state index >= 15 is 0 Å². The molecule has 1 aliphatic heterocycles. The molecule has 0 saturated heterocycles. The number of hydrogen-bond acceptors (Lipinski definition) is 3. The molecule has 0 saturated carbocycles. The number of hydrogen-bond donors (Lipinski definition) is 1. The Morgan fingerprint density at radius 2 is 1.81 bits per heavy atom. The molecule has 136 valence electrons. The maximum atomic E-state index is 13.0. The second kappa shape index (κ2) is 6.42. The molecule has 4 rings (SSSR count). The van der Waals surface area contributed by atoms with Crippen LogP contribution in [0.25, 0.3) is 0 Å². The van der Waals surface area contributed by atoms with Crippen molar-refractivity contribution in [1.29, 1.82) is 0 Å². The second-order valence-corrected chi connectivity index (χ2v) is 6.10. The summed E-state index contributed by atoms with van der Waals surface area (Å²) >= 11 is 0. The molecule has 4 nitrogen and oxygen atoms in total. The van der Waals surface area contributed by atoms with Crippen LogP contribution in [0.1, 0.15) is 27.7 Å². The first kappa shape index (κ1) is 17.1. The van der Waals surface area contributed by atoms with Crippen molar-refractivity contribution in [1.82, 2.24) is 4.98 Å². The first-order valence-corrected chi connectivity index (χ1v) is 8.21. The van der Waals surface area contributed by atoms with Crippen molar-refractivity contribution in [2.75, 3.05) is 10.2 Å². The van der Waals surface area contributed by atoms with Crippen LogP contribution in [-0.2, 0) is 6.18 Å². The van der Waals surface area contributed by atoms with Crippen LogP contribution in [0.3, 0.4) is 0 Å². The van der Waals surface area contributed by atoms with Crippen LogP contribution in [0, 0.1) is 0 Å². The fraction of sp³-hybridized carbons (Fsp3) is 0.100. The zero-order valence-corrected chi connectivity index (χ0v) is 13.9. The summed E-state index contributed by atoms with van der Waals surface area (Å²) < 4.78 is 39.1. The van der Waals surface area contributed by atoms with Gasteiger partial charge in [-0.25, -0.2) is 0 Å². The summed E-state index contributed by atoms with van der Waals surface area (Å²) in [6.07, 6.45) is -1.94. The lowest BCUT2D eigenvalue weighted by atomic mass is 10.1. The van der Waals surface area contributed by atoms with E-state index in [2.05, 4.69) is 10.3 Å². The Morgan fingerprint density at radius 1 is 1.00 bits per heavy atom. The smallest absolute Gasteiger partial charge is 0.361 e. The Morgan fingerprint density at radius 3 is 2.56 bits per heavy atom. The van der Waals surface area contributed by atoms with Crippen LogP contribution in [0.15, 0.2) is 73.1 Å². The van der Waals surface area contributed by atoms with Gasteiger partial charge in [-0.3, -0.25) is 14.7 Å². The predicted molar refractivity (Wildman–Crippen MR) is 95.3 cm³/mol. The molecule has 1 amide bonds. The number of rotatable bonds is 3. The van der Waals surface area contributed by atoms with Gasteiger partial charge < -0.3 is 5.32 Å². The number of alkyl halides is 3. The highest BCUT2D eigenvalue weighted by Crippen LogP contribution is 2.38. The quantitative estimate of drug-likeness (QED) is 0.716. The number of fused-ring (bicyclic) bond motifs is 1. The van der Waals surface area contributed by atoms with E-state index in [0.29, 0.717) is 16.8 Å². The Kier molecular flexibility index (Phi) is 4.07.